The Morgan fingerprint density at radius 2 is 1.40 bits per heavy atom. The maximum Gasteiger partial charge on any atom is 0.0320 e. The highest BCUT2D eigenvalue weighted by Gasteiger charge is 2.00. The molecule has 54 valence electrons. The van der Waals surface area contributed by atoms with Gasteiger partial charge in [0.15, 0.2) is 0 Å². The molecule has 0 bridgehead atoms. The Labute approximate surface area is 109 Å². The zero-order valence-corrected chi connectivity index (χ0v) is 12.7. The Morgan fingerprint density at radius 1 is 0.900 bits per heavy atom. The average molecular weight is 535 g/mol. The third kappa shape index (κ3) is 2.44. The van der Waals surface area contributed by atoms with E-state index in [1.54, 1.807) is 0 Å². The Balaban J connectivity index is 3.28. The third-order valence-corrected chi connectivity index (χ3v) is 6.07. The van der Waals surface area contributed by atoms with Gasteiger partial charge < -0.3 is 0 Å². The summed E-state index contributed by atoms with van der Waals surface area (Å²) in [5.41, 5.74) is 0. The SMILES string of the molecule is Brc1cc(I)c(I)cc1I. The quantitative estimate of drug-likeness (QED) is 0.345. The first kappa shape index (κ1) is 9.97. The van der Waals surface area contributed by atoms with Gasteiger partial charge in [-0.3, -0.25) is 0 Å². The molecule has 1 aromatic rings. The molecule has 0 amide bonds. The number of rotatable bonds is 0. The molecule has 0 saturated carbocycles. The van der Waals surface area contributed by atoms with Crippen molar-refractivity contribution >= 4 is 83.7 Å². The molecule has 4 heteroatoms. The fourth-order valence-corrected chi connectivity index (χ4v) is 3.27. The summed E-state index contributed by atoms with van der Waals surface area (Å²) in [6.45, 7) is 0. The number of hydrogen-bond donors (Lipinski definition) is 0. The van der Waals surface area contributed by atoms with Crippen molar-refractivity contribution in [3.8, 4) is 0 Å². The molecule has 0 unspecified atom stereocenters. The predicted molar refractivity (Wildman–Crippen MR) is 72.3 cm³/mol. The van der Waals surface area contributed by atoms with E-state index >= 15 is 0 Å². The largest absolute Gasteiger partial charge is 0.0496 e. The van der Waals surface area contributed by atoms with Crippen LogP contribution in [0.2, 0.25) is 0 Å². The lowest BCUT2D eigenvalue weighted by Gasteiger charge is -1.98. The molecule has 0 spiro atoms. The van der Waals surface area contributed by atoms with Gasteiger partial charge in [-0.2, -0.15) is 0 Å². The summed E-state index contributed by atoms with van der Waals surface area (Å²) in [5, 5.41) is 0. The van der Waals surface area contributed by atoms with E-state index in [9.17, 15) is 0 Å². The standard InChI is InChI=1S/C6H2BrI3/c7-3-1-5(9)6(10)2-4(3)8/h1-2H. The molecule has 0 heterocycles. The topological polar surface area (TPSA) is 0 Å². The van der Waals surface area contributed by atoms with Crippen LogP contribution in [0.5, 0.6) is 0 Å². The van der Waals surface area contributed by atoms with Crippen molar-refractivity contribution in [2.75, 3.05) is 0 Å². The van der Waals surface area contributed by atoms with Crippen molar-refractivity contribution in [1.29, 1.82) is 0 Å². The van der Waals surface area contributed by atoms with E-state index in [0.29, 0.717) is 0 Å². The Hall–Kier alpha value is 1.89. The van der Waals surface area contributed by atoms with Crippen LogP contribution in [-0.4, -0.2) is 0 Å². The Morgan fingerprint density at radius 3 is 1.90 bits per heavy atom. The van der Waals surface area contributed by atoms with Crippen LogP contribution in [0.25, 0.3) is 0 Å². The average Bonchev–Trinajstić information content (AvgIpc) is 1.84. The number of halogens is 4. The lowest BCUT2D eigenvalue weighted by atomic mass is 10.4. The Bertz CT molecular complexity index is 209. The number of hydrogen-bond acceptors (Lipinski definition) is 0. The second-order valence-electron chi connectivity index (χ2n) is 1.68. The molecular weight excluding hydrogens is 533 g/mol. The normalized spacial score (nSPS) is 10.0. The summed E-state index contributed by atoms with van der Waals surface area (Å²) in [5.74, 6) is 0. The van der Waals surface area contributed by atoms with Crippen LogP contribution in [0, 0.1) is 10.7 Å². The van der Waals surface area contributed by atoms with Crippen LogP contribution in [0.4, 0.5) is 0 Å². The summed E-state index contributed by atoms with van der Waals surface area (Å²) in [7, 11) is 0. The molecule has 0 aliphatic heterocycles. The van der Waals surface area contributed by atoms with Gasteiger partial charge >= 0.3 is 0 Å². The van der Waals surface area contributed by atoms with Crippen LogP contribution in [-0.2, 0) is 0 Å². The van der Waals surface area contributed by atoms with E-state index in [-0.39, 0.29) is 0 Å². The first-order valence-corrected chi connectivity index (χ1v) is 6.44. The van der Waals surface area contributed by atoms with Gasteiger partial charge in [-0.15, -0.1) is 0 Å². The lowest BCUT2D eigenvalue weighted by Crippen LogP contribution is -1.82. The molecule has 0 aliphatic carbocycles. The fourth-order valence-electron chi connectivity index (χ4n) is 0.498. The van der Waals surface area contributed by atoms with Crippen LogP contribution >= 0.6 is 83.7 Å². The van der Waals surface area contributed by atoms with E-state index in [4.69, 9.17) is 0 Å². The summed E-state index contributed by atoms with van der Waals surface area (Å²) >= 11 is 10.4. The molecule has 0 saturated heterocycles. The van der Waals surface area contributed by atoms with E-state index in [2.05, 4.69) is 95.8 Å². The van der Waals surface area contributed by atoms with Crippen LogP contribution in [0.15, 0.2) is 16.6 Å². The Kier molecular flexibility index (Phi) is 4.21. The maximum atomic E-state index is 3.46. The van der Waals surface area contributed by atoms with Gasteiger partial charge in [-0.05, 0) is 95.8 Å². The van der Waals surface area contributed by atoms with Crippen molar-refractivity contribution in [2.24, 2.45) is 0 Å². The van der Waals surface area contributed by atoms with E-state index in [1.165, 1.54) is 15.2 Å². The van der Waals surface area contributed by atoms with Gasteiger partial charge in [0.1, 0.15) is 0 Å². The zero-order chi connectivity index (χ0) is 7.72. The predicted octanol–water partition coefficient (Wildman–Crippen LogP) is 4.26. The minimum Gasteiger partial charge on any atom is -0.0496 e. The van der Waals surface area contributed by atoms with Gasteiger partial charge in [0, 0.05) is 15.2 Å². The monoisotopic (exact) mass is 534 g/mol. The van der Waals surface area contributed by atoms with Crippen molar-refractivity contribution < 1.29 is 0 Å². The molecule has 0 aliphatic rings. The zero-order valence-electron chi connectivity index (χ0n) is 4.67. The van der Waals surface area contributed by atoms with Gasteiger partial charge in [0.05, 0.1) is 0 Å². The first-order valence-electron chi connectivity index (χ1n) is 2.41. The highest BCUT2D eigenvalue weighted by Crippen LogP contribution is 2.25. The van der Waals surface area contributed by atoms with Crippen molar-refractivity contribution in [3.63, 3.8) is 0 Å². The van der Waals surface area contributed by atoms with Crippen molar-refractivity contribution in [1.82, 2.24) is 0 Å². The third-order valence-electron chi connectivity index (χ3n) is 0.963. The first-order chi connectivity index (χ1) is 4.61. The number of benzene rings is 1. The smallest absolute Gasteiger partial charge is 0.0320 e. The fraction of sp³-hybridized carbons (Fsp3) is 0. The van der Waals surface area contributed by atoms with Crippen LogP contribution < -0.4 is 0 Å². The molecular formula is C6H2BrI3. The minimum absolute atomic E-state index is 1.18. The molecule has 0 atom stereocenters. The maximum absolute atomic E-state index is 3.46. The molecule has 1 rings (SSSR count). The van der Waals surface area contributed by atoms with Crippen molar-refractivity contribution in [2.45, 2.75) is 0 Å². The van der Waals surface area contributed by atoms with Crippen LogP contribution in [0.3, 0.4) is 0 Å². The van der Waals surface area contributed by atoms with E-state index in [1.807, 2.05) is 0 Å². The van der Waals surface area contributed by atoms with Gasteiger partial charge in [-0.1, -0.05) is 0 Å². The van der Waals surface area contributed by atoms with Gasteiger partial charge in [0.25, 0.3) is 0 Å². The van der Waals surface area contributed by atoms with E-state index < -0.39 is 0 Å². The molecule has 0 nitrogen and oxygen atoms in total. The highest BCUT2D eigenvalue weighted by molar-refractivity contribution is 14.1. The van der Waals surface area contributed by atoms with E-state index in [0.717, 1.165) is 0 Å². The second-order valence-corrected chi connectivity index (χ2v) is 6.02. The molecule has 0 N–H and O–H groups in total. The molecule has 0 fully saturated rings. The molecule has 10 heavy (non-hydrogen) atoms. The summed E-state index contributed by atoms with van der Waals surface area (Å²) < 4.78 is 5.05. The van der Waals surface area contributed by atoms with Gasteiger partial charge in [-0.25, -0.2) is 0 Å². The summed E-state index contributed by atoms with van der Waals surface area (Å²) in [4.78, 5) is 0. The highest BCUT2D eigenvalue weighted by atomic mass is 127. The molecule has 1 aromatic carbocycles. The van der Waals surface area contributed by atoms with Gasteiger partial charge in [0.2, 0.25) is 0 Å². The second kappa shape index (κ2) is 4.22. The minimum atomic E-state index is 1.18. The van der Waals surface area contributed by atoms with Crippen molar-refractivity contribution in [3.05, 3.63) is 27.3 Å². The van der Waals surface area contributed by atoms with Crippen LogP contribution in [0.1, 0.15) is 0 Å². The lowest BCUT2D eigenvalue weighted by molar-refractivity contribution is 1.50. The summed E-state index contributed by atoms with van der Waals surface area (Å²) in [6, 6.07) is 4.29. The summed E-state index contributed by atoms with van der Waals surface area (Å²) in [6.07, 6.45) is 0. The molecule has 0 aromatic heterocycles. The molecule has 0 radical (unpaired) electrons.